The smallest absolute Gasteiger partial charge is 0.119 e. The van der Waals surface area contributed by atoms with Crippen LogP contribution in [-0.2, 0) is 6.42 Å². The molecule has 2 aromatic rings. The van der Waals surface area contributed by atoms with E-state index in [0.717, 1.165) is 28.4 Å². The summed E-state index contributed by atoms with van der Waals surface area (Å²) in [4.78, 5) is 4.64. The van der Waals surface area contributed by atoms with Crippen molar-refractivity contribution in [1.82, 2.24) is 4.98 Å². The van der Waals surface area contributed by atoms with E-state index in [2.05, 4.69) is 24.2 Å². The number of nitrogens with two attached hydrogens (primary N) is 1. The zero-order valence-electron chi connectivity index (χ0n) is 12.3. The third-order valence-electron chi connectivity index (χ3n) is 3.17. The minimum Gasteiger partial charge on any atom is -0.494 e. The van der Waals surface area contributed by atoms with E-state index in [1.807, 2.05) is 31.2 Å². The topological polar surface area (TPSA) is 48.1 Å². The maximum Gasteiger partial charge on any atom is 0.119 e. The molecule has 1 aromatic carbocycles. The highest BCUT2D eigenvalue weighted by Gasteiger charge is 2.11. The number of thiazole rings is 1. The second kappa shape index (κ2) is 6.86. The lowest BCUT2D eigenvalue weighted by Gasteiger charge is -2.11. The first-order valence-corrected chi connectivity index (χ1v) is 7.90. The third kappa shape index (κ3) is 3.81. The van der Waals surface area contributed by atoms with Crippen molar-refractivity contribution >= 4 is 11.3 Å². The lowest BCUT2D eigenvalue weighted by Crippen LogP contribution is -2.13. The molecule has 1 aromatic heterocycles. The van der Waals surface area contributed by atoms with Crippen LogP contribution in [0.25, 0.3) is 0 Å². The van der Waals surface area contributed by atoms with E-state index in [-0.39, 0.29) is 6.04 Å². The van der Waals surface area contributed by atoms with Crippen LogP contribution >= 0.6 is 11.3 Å². The first kappa shape index (κ1) is 15.0. The van der Waals surface area contributed by atoms with E-state index in [0.29, 0.717) is 12.5 Å². The molecule has 20 heavy (non-hydrogen) atoms. The molecule has 0 saturated heterocycles. The Labute approximate surface area is 124 Å². The third-order valence-corrected chi connectivity index (χ3v) is 4.06. The van der Waals surface area contributed by atoms with Gasteiger partial charge in [0.05, 0.1) is 17.3 Å². The van der Waals surface area contributed by atoms with Gasteiger partial charge in [0.15, 0.2) is 0 Å². The summed E-state index contributed by atoms with van der Waals surface area (Å²) in [5.74, 6) is 1.36. The summed E-state index contributed by atoms with van der Waals surface area (Å²) in [6.07, 6.45) is 0.783. The Kier molecular flexibility index (Phi) is 5.15. The SMILES string of the molecule is CCOc1ccc(C(N)Cc2nc(C(C)C)cs2)cc1. The fourth-order valence-electron chi connectivity index (χ4n) is 1.97. The van der Waals surface area contributed by atoms with Gasteiger partial charge in [-0.25, -0.2) is 4.98 Å². The van der Waals surface area contributed by atoms with Crippen LogP contribution in [0.1, 0.15) is 49.0 Å². The molecule has 0 aliphatic carbocycles. The van der Waals surface area contributed by atoms with Crippen molar-refractivity contribution in [2.75, 3.05) is 6.61 Å². The van der Waals surface area contributed by atoms with Gasteiger partial charge in [0.1, 0.15) is 5.75 Å². The molecule has 2 rings (SSSR count). The lowest BCUT2D eigenvalue weighted by atomic mass is 10.0. The number of ether oxygens (including phenoxy) is 1. The van der Waals surface area contributed by atoms with Crippen LogP contribution in [0, 0.1) is 0 Å². The number of benzene rings is 1. The van der Waals surface area contributed by atoms with Crippen molar-refractivity contribution in [1.29, 1.82) is 0 Å². The zero-order valence-corrected chi connectivity index (χ0v) is 13.1. The van der Waals surface area contributed by atoms with Crippen LogP contribution in [0.5, 0.6) is 5.75 Å². The average molecular weight is 290 g/mol. The van der Waals surface area contributed by atoms with Gasteiger partial charge in [0.2, 0.25) is 0 Å². The van der Waals surface area contributed by atoms with Crippen LogP contribution < -0.4 is 10.5 Å². The van der Waals surface area contributed by atoms with E-state index in [1.54, 1.807) is 11.3 Å². The fourth-order valence-corrected chi connectivity index (χ4v) is 2.98. The summed E-state index contributed by atoms with van der Waals surface area (Å²) >= 11 is 1.70. The van der Waals surface area contributed by atoms with E-state index in [9.17, 15) is 0 Å². The Morgan fingerprint density at radius 3 is 2.50 bits per heavy atom. The van der Waals surface area contributed by atoms with Gasteiger partial charge in [-0.1, -0.05) is 26.0 Å². The summed E-state index contributed by atoms with van der Waals surface area (Å²) in [5, 5.41) is 3.24. The minimum absolute atomic E-state index is 0.0168. The molecule has 1 heterocycles. The highest BCUT2D eigenvalue weighted by molar-refractivity contribution is 7.09. The Bertz CT molecular complexity index is 534. The summed E-state index contributed by atoms with van der Waals surface area (Å²) in [7, 11) is 0. The largest absolute Gasteiger partial charge is 0.494 e. The first-order valence-electron chi connectivity index (χ1n) is 7.02. The molecule has 1 unspecified atom stereocenters. The Balaban J connectivity index is 2.01. The quantitative estimate of drug-likeness (QED) is 0.877. The molecule has 0 spiro atoms. The van der Waals surface area contributed by atoms with Crippen molar-refractivity contribution < 1.29 is 4.74 Å². The molecule has 0 saturated carbocycles. The Morgan fingerprint density at radius 1 is 1.25 bits per heavy atom. The van der Waals surface area contributed by atoms with Crippen molar-refractivity contribution in [2.24, 2.45) is 5.73 Å². The molecule has 3 nitrogen and oxygen atoms in total. The standard InChI is InChI=1S/C16H22N2OS/c1-4-19-13-7-5-12(6-8-13)14(17)9-16-18-15(10-20-16)11(2)3/h5-8,10-11,14H,4,9,17H2,1-3H3. The highest BCUT2D eigenvalue weighted by Crippen LogP contribution is 2.23. The average Bonchev–Trinajstić information content (AvgIpc) is 2.88. The highest BCUT2D eigenvalue weighted by atomic mass is 32.1. The molecule has 0 amide bonds. The molecule has 1 atom stereocenters. The molecule has 0 bridgehead atoms. The number of hydrogen-bond acceptors (Lipinski definition) is 4. The van der Waals surface area contributed by atoms with Crippen LogP contribution in [0.3, 0.4) is 0 Å². The van der Waals surface area contributed by atoms with E-state index in [1.165, 1.54) is 0 Å². The number of aromatic nitrogens is 1. The molecular weight excluding hydrogens is 268 g/mol. The molecule has 108 valence electrons. The molecule has 0 aliphatic heterocycles. The van der Waals surface area contributed by atoms with Crippen LogP contribution in [0.4, 0.5) is 0 Å². The van der Waals surface area contributed by atoms with Crippen molar-refractivity contribution in [2.45, 2.75) is 39.2 Å². The van der Waals surface area contributed by atoms with Crippen molar-refractivity contribution in [3.63, 3.8) is 0 Å². The monoisotopic (exact) mass is 290 g/mol. The summed E-state index contributed by atoms with van der Waals surface area (Å²) in [6, 6.07) is 8.00. The molecule has 0 aliphatic rings. The van der Waals surface area contributed by atoms with Gasteiger partial charge in [-0.3, -0.25) is 0 Å². The first-order chi connectivity index (χ1) is 9.60. The van der Waals surface area contributed by atoms with Gasteiger partial charge in [-0.05, 0) is 30.5 Å². The van der Waals surface area contributed by atoms with Gasteiger partial charge in [0, 0.05) is 17.8 Å². The summed E-state index contributed by atoms with van der Waals surface area (Å²) < 4.78 is 5.44. The number of rotatable bonds is 6. The van der Waals surface area contributed by atoms with Crippen LogP contribution in [0.15, 0.2) is 29.6 Å². The van der Waals surface area contributed by atoms with Gasteiger partial charge in [-0.15, -0.1) is 11.3 Å². The van der Waals surface area contributed by atoms with E-state index in [4.69, 9.17) is 10.5 Å². The normalized spacial score (nSPS) is 12.7. The lowest BCUT2D eigenvalue weighted by molar-refractivity contribution is 0.340. The van der Waals surface area contributed by atoms with Crippen molar-refractivity contribution in [3.8, 4) is 5.75 Å². The summed E-state index contributed by atoms with van der Waals surface area (Å²) in [5.41, 5.74) is 8.54. The second-order valence-corrected chi connectivity index (χ2v) is 6.08. The van der Waals surface area contributed by atoms with E-state index < -0.39 is 0 Å². The molecule has 4 heteroatoms. The van der Waals surface area contributed by atoms with Gasteiger partial charge in [0.25, 0.3) is 0 Å². The predicted octanol–water partition coefficient (Wildman–Crippen LogP) is 3.91. The zero-order chi connectivity index (χ0) is 14.5. The van der Waals surface area contributed by atoms with Crippen molar-refractivity contribution in [3.05, 3.63) is 45.9 Å². The minimum atomic E-state index is -0.0168. The number of nitrogens with zero attached hydrogens (tertiary/aromatic N) is 1. The van der Waals surface area contributed by atoms with Gasteiger partial charge < -0.3 is 10.5 Å². The predicted molar refractivity (Wildman–Crippen MR) is 84.4 cm³/mol. The molecule has 0 radical (unpaired) electrons. The van der Waals surface area contributed by atoms with Crippen LogP contribution in [0.2, 0.25) is 0 Å². The molecular formula is C16H22N2OS. The summed E-state index contributed by atoms with van der Waals surface area (Å²) in [6.45, 7) is 6.98. The Hall–Kier alpha value is -1.39. The van der Waals surface area contributed by atoms with Gasteiger partial charge >= 0.3 is 0 Å². The van der Waals surface area contributed by atoms with E-state index >= 15 is 0 Å². The number of hydrogen-bond donors (Lipinski definition) is 1. The molecule has 0 fully saturated rings. The molecule has 2 N–H and O–H groups in total. The van der Waals surface area contributed by atoms with Crippen LogP contribution in [-0.4, -0.2) is 11.6 Å². The Morgan fingerprint density at radius 2 is 1.95 bits per heavy atom. The second-order valence-electron chi connectivity index (χ2n) is 5.13. The van der Waals surface area contributed by atoms with Gasteiger partial charge in [-0.2, -0.15) is 0 Å². The maximum absolute atomic E-state index is 6.26. The maximum atomic E-state index is 6.26. The fraction of sp³-hybridized carbons (Fsp3) is 0.438.